The van der Waals surface area contributed by atoms with Crippen LogP contribution in [0.1, 0.15) is 48.9 Å². The van der Waals surface area contributed by atoms with Crippen LogP contribution >= 0.6 is 0 Å². The minimum absolute atomic E-state index is 0.000560. The summed E-state index contributed by atoms with van der Waals surface area (Å²) in [5.41, 5.74) is 0.773. The first-order valence-electron chi connectivity index (χ1n) is 9.46. The Balaban J connectivity index is 1.28. The first-order valence-corrected chi connectivity index (χ1v) is 9.46. The second kappa shape index (κ2) is 6.85. The predicted molar refractivity (Wildman–Crippen MR) is 94.0 cm³/mol. The van der Waals surface area contributed by atoms with Crippen molar-refractivity contribution < 1.29 is 9.53 Å². The highest BCUT2D eigenvalue weighted by molar-refractivity contribution is 5.94. The Bertz CT molecular complexity index is 572. The van der Waals surface area contributed by atoms with Gasteiger partial charge in [0.25, 0.3) is 5.91 Å². The monoisotopic (exact) mass is 328 g/mol. The van der Waals surface area contributed by atoms with E-state index in [4.69, 9.17) is 4.74 Å². The van der Waals surface area contributed by atoms with Crippen molar-refractivity contribution in [2.45, 2.75) is 50.2 Å². The highest BCUT2D eigenvalue weighted by atomic mass is 16.5. The van der Waals surface area contributed by atoms with Crippen LogP contribution in [0.25, 0.3) is 0 Å². The van der Waals surface area contributed by atoms with Crippen molar-refractivity contribution in [1.82, 2.24) is 10.2 Å². The number of carbonyl (C=O) groups is 1. The summed E-state index contributed by atoms with van der Waals surface area (Å²) >= 11 is 0. The fourth-order valence-electron chi connectivity index (χ4n) is 4.21. The molecule has 0 unspecified atom stereocenters. The van der Waals surface area contributed by atoms with Gasteiger partial charge in [0.15, 0.2) is 0 Å². The second-order valence-electron chi connectivity index (χ2n) is 7.82. The number of nitrogens with one attached hydrogen (secondary N) is 1. The van der Waals surface area contributed by atoms with Crippen LogP contribution in [0.2, 0.25) is 0 Å². The summed E-state index contributed by atoms with van der Waals surface area (Å²) in [5, 5.41) is 3.05. The van der Waals surface area contributed by atoms with Gasteiger partial charge in [0.05, 0.1) is 11.7 Å². The van der Waals surface area contributed by atoms with Gasteiger partial charge in [-0.2, -0.15) is 0 Å². The largest absolute Gasteiger partial charge is 0.369 e. The van der Waals surface area contributed by atoms with E-state index in [1.54, 1.807) is 0 Å². The van der Waals surface area contributed by atoms with E-state index in [1.165, 1.54) is 38.8 Å². The molecule has 2 aliphatic heterocycles. The number of rotatable bonds is 5. The molecule has 1 spiro atoms. The summed E-state index contributed by atoms with van der Waals surface area (Å²) in [4.78, 5) is 14.8. The summed E-state index contributed by atoms with van der Waals surface area (Å²) in [6.07, 6.45) is 7.59. The summed E-state index contributed by atoms with van der Waals surface area (Å²) in [5.74, 6) is 0.949. The smallest absolute Gasteiger partial charge is 0.251 e. The lowest BCUT2D eigenvalue weighted by Crippen LogP contribution is -2.47. The normalized spacial score (nSPS) is 30.6. The zero-order valence-corrected chi connectivity index (χ0v) is 14.4. The fourth-order valence-corrected chi connectivity index (χ4v) is 4.21. The van der Waals surface area contributed by atoms with Crippen molar-refractivity contribution in [3.63, 3.8) is 0 Å². The molecule has 3 fully saturated rings. The Morgan fingerprint density at radius 1 is 1.21 bits per heavy atom. The molecule has 0 aromatic heterocycles. The van der Waals surface area contributed by atoms with Crippen LogP contribution in [-0.2, 0) is 4.74 Å². The van der Waals surface area contributed by atoms with Crippen LogP contribution in [0.5, 0.6) is 0 Å². The van der Waals surface area contributed by atoms with Crippen molar-refractivity contribution in [3.8, 4) is 0 Å². The van der Waals surface area contributed by atoms with Crippen molar-refractivity contribution in [3.05, 3.63) is 35.9 Å². The SMILES string of the molecule is O=C(NC[C@H]1CCC[C@]2(CCN(CC3CC3)C2)O1)c1ccccc1. The number of hydrogen-bond acceptors (Lipinski definition) is 3. The minimum atomic E-state index is 0.000560. The van der Waals surface area contributed by atoms with E-state index in [9.17, 15) is 4.79 Å². The average Bonchev–Trinajstić information content (AvgIpc) is 3.35. The van der Waals surface area contributed by atoms with E-state index in [0.29, 0.717) is 6.54 Å². The van der Waals surface area contributed by atoms with E-state index >= 15 is 0 Å². The van der Waals surface area contributed by atoms with Gasteiger partial charge in [-0.1, -0.05) is 18.2 Å². The third kappa shape index (κ3) is 3.81. The topological polar surface area (TPSA) is 41.6 Å². The Morgan fingerprint density at radius 3 is 2.83 bits per heavy atom. The zero-order valence-electron chi connectivity index (χ0n) is 14.4. The van der Waals surface area contributed by atoms with E-state index in [0.717, 1.165) is 30.9 Å². The number of hydrogen-bond donors (Lipinski definition) is 1. The molecule has 2 atom stereocenters. The minimum Gasteiger partial charge on any atom is -0.369 e. The Kier molecular flexibility index (Phi) is 4.59. The fraction of sp³-hybridized carbons (Fsp3) is 0.650. The molecule has 0 radical (unpaired) electrons. The summed E-state index contributed by atoms with van der Waals surface area (Å²) in [6.45, 7) is 4.16. The standard InChI is InChI=1S/C20H28N2O2/c23-19(17-5-2-1-3-6-17)21-13-18-7-4-10-20(24-18)11-12-22(15-20)14-16-8-9-16/h1-3,5-6,16,18H,4,7-15H2,(H,21,23)/t18-,20-/m1/s1. The molecule has 24 heavy (non-hydrogen) atoms. The second-order valence-corrected chi connectivity index (χ2v) is 7.82. The molecule has 3 aliphatic rings. The third-order valence-electron chi connectivity index (χ3n) is 5.71. The van der Waals surface area contributed by atoms with Crippen LogP contribution in [-0.4, -0.2) is 48.7 Å². The molecule has 0 bridgehead atoms. The van der Waals surface area contributed by atoms with Gasteiger partial charge < -0.3 is 15.0 Å². The molecular weight excluding hydrogens is 300 g/mol. The molecule has 4 nitrogen and oxygen atoms in total. The number of carbonyl (C=O) groups excluding carboxylic acids is 1. The number of amides is 1. The summed E-state index contributed by atoms with van der Waals surface area (Å²) in [6, 6.07) is 9.43. The molecule has 2 saturated heterocycles. The molecule has 4 heteroatoms. The van der Waals surface area contributed by atoms with Gasteiger partial charge in [-0.15, -0.1) is 0 Å². The predicted octanol–water partition coefficient (Wildman–Crippen LogP) is 2.84. The van der Waals surface area contributed by atoms with E-state index < -0.39 is 0 Å². The molecule has 4 rings (SSSR count). The van der Waals surface area contributed by atoms with Crippen LogP contribution in [0.3, 0.4) is 0 Å². The van der Waals surface area contributed by atoms with Crippen LogP contribution < -0.4 is 5.32 Å². The highest BCUT2D eigenvalue weighted by Crippen LogP contribution is 2.38. The first kappa shape index (κ1) is 16.1. The quantitative estimate of drug-likeness (QED) is 0.904. The molecule has 2 heterocycles. The molecule has 1 saturated carbocycles. The van der Waals surface area contributed by atoms with Crippen molar-refractivity contribution in [1.29, 1.82) is 0 Å². The van der Waals surface area contributed by atoms with Crippen LogP contribution in [0.15, 0.2) is 30.3 Å². The maximum atomic E-state index is 12.2. The molecule has 1 aromatic carbocycles. The van der Waals surface area contributed by atoms with Gasteiger partial charge in [0.1, 0.15) is 0 Å². The molecule has 1 aromatic rings. The molecule has 130 valence electrons. The average molecular weight is 328 g/mol. The van der Waals surface area contributed by atoms with Crippen LogP contribution in [0.4, 0.5) is 0 Å². The maximum absolute atomic E-state index is 12.2. The zero-order chi connectivity index (χ0) is 16.4. The van der Waals surface area contributed by atoms with Gasteiger partial charge >= 0.3 is 0 Å². The van der Waals surface area contributed by atoms with Crippen molar-refractivity contribution >= 4 is 5.91 Å². The Morgan fingerprint density at radius 2 is 2.04 bits per heavy atom. The molecule has 1 amide bonds. The Labute approximate surface area is 144 Å². The molecule has 1 N–H and O–H groups in total. The van der Waals surface area contributed by atoms with Gasteiger partial charge in [-0.3, -0.25) is 4.79 Å². The van der Waals surface area contributed by atoms with Gasteiger partial charge in [-0.05, 0) is 56.6 Å². The Hall–Kier alpha value is -1.39. The lowest BCUT2D eigenvalue weighted by atomic mass is 9.90. The van der Waals surface area contributed by atoms with Gasteiger partial charge in [0.2, 0.25) is 0 Å². The number of likely N-dealkylation sites (tertiary alicyclic amines) is 1. The third-order valence-corrected chi connectivity index (χ3v) is 5.71. The first-order chi connectivity index (χ1) is 11.7. The highest BCUT2D eigenvalue weighted by Gasteiger charge is 2.43. The van der Waals surface area contributed by atoms with E-state index in [1.807, 2.05) is 30.3 Å². The van der Waals surface area contributed by atoms with E-state index in [2.05, 4.69) is 10.2 Å². The number of benzene rings is 1. The maximum Gasteiger partial charge on any atom is 0.251 e. The van der Waals surface area contributed by atoms with Crippen LogP contribution in [0, 0.1) is 5.92 Å². The van der Waals surface area contributed by atoms with Gasteiger partial charge in [-0.25, -0.2) is 0 Å². The van der Waals surface area contributed by atoms with Crippen molar-refractivity contribution in [2.75, 3.05) is 26.2 Å². The molecular formula is C20H28N2O2. The lowest BCUT2D eigenvalue weighted by Gasteiger charge is -2.39. The number of ether oxygens (including phenoxy) is 1. The van der Waals surface area contributed by atoms with Gasteiger partial charge in [0, 0.05) is 31.7 Å². The van der Waals surface area contributed by atoms with E-state index in [-0.39, 0.29) is 17.6 Å². The molecule has 1 aliphatic carbocycles. The van der Waals surface area contributed by atoms with Crippen molar-refractivity contribution in [2.24, 2.45) is 5.92 Å². The lowest BCUT2D eigenvalue weighted by molar-refractivity contribution is -0.118. The summed E-state index contributed by atoms with van der Waals surface area (Å²) < 4.78 is 6.50. The summed E-state index contributed by atoms with van der Waals surface area (Å²) in [7, 11) is 0. The number of nitrogens with zero attached hydrogens (tertiary/aromatic N) is 1.